The third-order valence-corrected chi connectivity index (χ3v) is 7.15. The number of allylic oxidation sites excluding steroid dienone is 2. The Labute approximate surface area is 231 Å². The lowest BCUT2D eigenvalue weighted by atomic mass is 9.92. The number of rotatable bonds is 15. The second-order valence-corrected chi connectivity index (χ2v) is 9.97. The van der Waals surface area contributed by atoms with E-state index in [4.69, 9.17) is 4.74 Å². The van der Waals surface area contributed by atoms with Gasteiger partial charge in [-0.3, -0.25) is 14.4 Å². The van der Waals surface area contributed by atoms with Crippen molar-refractivity contribution >= 4 is 17.8 Å². The molecule has 2 aromatic carbocycles. The van der Waals surface area contributed by atoms with Crippen LogP contribution in [0.3, 0.4) is 0 Å². The molecule has 208 valence electrons. The van der Waals surface area contributed by atoms with Crippen molar-refractivity contribution in [2.45, 2.75) is 51.1 Å². The molecule has 7 nitrogen and oxygen atoms in total. The van der Waals surface area contributed by atoms with E-state index in [1.54, 1.807) is 17.1 Å². The molecule has 0 unspecified atom stereocenters. The van der Waals surface area contributed by atoms with Gasteiger partial charge in [0.1, 0.15) is 6.61 Å². The number of aliphatic hydroxyl groups is 1. The minimum Gasteiger partial charge on any atom is -0.464 e. The Balaban J connectivity index is 1.50. The van der Waals surface area contributed by atoms with Crippen molar-refractivity contribution in [2.75, 3.05) is 19.8 Å². The first kappa shape index (κ1) is 29.8. The van der Waals surface area contributed by atoms with Gasteiger partial charge in [-0.15, -0.1) is 13.2 Å². The predicted molar refractivity (Wildman–Crippen MR) is 152 cm³/mol. The van der Waals surface area contributed by atoms with Crippen LogP contribution in [0.25, 0.3) is 0 Å². The number of fused-ring (bicyclic) bond motifs is 1. The van der Waals surface area contributed by atoms with Gasteiger partial charge in [0.25, 0.3) is 0 Å². The molecule has 3 atom stereocenters. The maximum Gasteiger partial charge on any atom is 0.309 e. The normalized spacial score (nSPS) is 15.9. The first-order chi connectivity index (χ1) is 19.0. The molecule has 3 rings (SSSR count). The molecule has 1 heterocycles. The lowest BCUT2D eigenvalue weighted by molar-refractivity contribution is -0.149. The number of nitrogens with zero attached hydrogens (tertiary/aromatic N) is 1. The maximum atomic E-state index is 13.2. The zero-order chi connectivity index (χ0) is 28.0. The van der Waals surface area contributed by atoms with Crippen molar-refractivity contribution in [1.29, 1.82) is 0 Å². The van der Waals surface area contributed by atoms with Crippen molar-refractivity contribution in [3.63, 3.8) is 0 Å². The number of nitrogens with one attached hydrogen (secondary N) is 1. The van der Waals surface area contributed by atoms with Gasteiger partial charge < -0.3 is 20.1 Å². The van der Waals surface area contributed by atoms with Gasteiger partial charge in [0.15, 0.2) is 0 Å². The molecule has 7 heteroatoms. The Morgan fingerprint density at radius 1 is 1.03 bits per heavy atom. The van der Waals surface area contributed by atoms with Crippen LogP contribution in [-0.2, 0) is 38.5 Å². The highest BCUT2D eigenvalue weighted by Crippen LogP contribution is 2.25. The van der Waals surface area contributed by atoms with Gasteiger partial charge in [-0.1, -0.05) is 66.7 Å². The summed E-state index contributed by atoms with van der Waals surface area (Å²) in [4.78, 5) is 40.6. The monoisotopic (exact) mass is 532 g/mol. The fourth-order valence-electron chi connectivity index (χ4n) is 4.96. The molecule has 0 aliphatic carbocycles. The Hall–Kier alpha value is -3.71. The highest BCUT2D eigenvalue weighted by Gasteiger charge is 2.31. The van der Waals surface area contributed by atoms with Crippen LogP contribution in [-0.4, -0.2) is 53.6 Å². The van der Waals surface area contributed by atoms with Crippen LogP contribution in [0, 0.1) is 11.8 Å². The zero-order valence-corrected chi connectivity index (χ0v) is 22.6. The average Bonchev–Trinajstić information content (AvgIpc) is 2.96. The van der Waals surface area contributed by atoms with E-state index in [2.05, 4.69) is 18.5 Å². The Bertz CT molecular complexity index is 1120. The van der Waals surface area contributed by atoms with Crippen molar-refractivity contribution in [3.8, 4) is 0 Å². The Kier molecular flexibility index (Phi) is 12.0. The molecule has 1 aliphatic rings. The van der Waals surface area contributed by atoms with E-state index in [0.717, 1.165) is 16.7 Å². The molecular weight excluding hydrogens is 492 g/mol. The molecule has 2 aromatic rings. The zero-order valence-electron chi connectivity index (χ0n) is 22.6. The number of ether oxygens (including phenoxy) is 1. The van der Waals surface area contributed by atoms with Crippen LogP contribution in [0.5, 0.6) is 0 Å². The van der Waals surface area contributed by atoms with E-state index < -0.39 is 5.92 Å². The van der Waals surface area contributed by atoms with Gasteiger partial charge in [0.05, 0.1) is 31.0 Å². The fourth-order valence-corrected chi connectivity index (χ4v) is 4.96. The molecule has 0 radical (unpaired) electrons. The second kappa shape index (κ2) is 15.6. The van der Waals surface area contributed by atoms with E-state index in [-0.39, 0.29) is 55.9 Å². The van der Waals surface area contributed by atoms with Crippen molar-refractivity contribution in [3.05, 3.63) is 96.6 Å². The summed E-state index contributed by atoms with van der Waals surface area (Å²) >= 11 is 0. The molecule has 2 amide bonds. The molecule has 0 bridgehead atoms. The van der Waals surface area contributed by atoms with E-state index in [0.29, 0.717) is 38.6 Å². The van der Waals surface area contributed by atoms with Gasteiger partial charge in [-0.25, -0.2) is 0 Å². The van der Waals surface area contributed by atoms with Gasteiger partial charge in [0, 0.05) is 13.0 Å². The van der Waals surface area contributed by atoms with E-state index in [9.17, 15) is 19.5 Å². The summed E-state index contributed by atoms with van der Waals surface area (Å²) in [6.07, 6.45) is 6.28. The van der Waals surface area contributed by atoms with Crippen LogP contribution in [0.1, 0.15) is 42.4 Å². The van der Waals surface area contributed by atoms with Crippen LogP contribution in [0.15, 0.2) is 79.9 Å². The van der Waals surface area contributed by atoms with E-state index >= 15 is 0 Å². The van der Waals surface area contributed by atoms with Crippen LogP contribution >= 0.6 is 0 Å². The number of amides is 2. The SMILES string of the molecule is C=CCC[C@H](Cc1ccccc1)C(=O)OCCNC(=O)[C@H](CC=C)CC(=O)N1Cc2ccccc2C[C@H]1CO. The average molecular weight is 533 g/mol. The molecule has 2 N–H and O–H groups in total. The molecule has 39 heavy (non-hydrogen) atoms. The Morgan fingerprint density at radius 3 is 2.44 bits per heavy atom. The van der Waals surface area contributed by atoms with Gasteiger partial charge >= 0.3 is 5.97 Å². The van der Waals surface area contributed by atoms with Gasteiger partial charge in [-0.2, -0.15) is 0 Å². The van der Waals surface area contributed by atoms with Crippen LogP contribution < -0.4 is 5.32 Å². The standard InChI is InChI=1S/C32H40N2O5/c1-3-5-14-27(19-24-12-7-6-8-13-24)32(38)39-18-17-33-31(37)26(11-4-2)21-30(36)34-22-28-16-10-9-15-25(28)20-29(34)23-35/h3-4,6-10,12-13,15-16,26-27,29,35H,1-2,5,11,14,17-23H2,(H,33,37)/t26-,27-,29+/m1/s1. The predicted octanol–water partition coefficient (Wildman–Crippen LogP) is 4.00. The highest BCUT2D eigenvalue weighted by atomic mass is 16.5. The number of benzene rings is 2. The van der Waals surface area contributed by atoms with E-state index in [1.165, 1.54) is 0 Å². The smallest absolute Gasteiger partial charge is 0.309 e. The number of esters is 1. The van der Waals surface area contributed by atoms with Crippen molar-refractivity contribution < 1.29 is 24.2 Å². The molecule has 1 aliphatic heterocycles. The first-order valence-corrected chi connectivity index (χ1v) is 13.6. The number of hydrogen-bond donors (Lipinski definition) is 2. The largest absolute Gasteiger partial charge is 0.464 e. The summed E-state index contributed by atoms with van der Waals surface area (Å²) < 4.78 is 5.49. The lowest BCUT2D eigenvalue weighted by Gasteiger charge is -2.36. The van der Waals surface area contributed by atoms with Crippen molar-refractivity contribution in [1.82, 2.24) is 10.2 Å². The summed E-state index contributed by atoms with van der Waals surface area (Å²) in [6, 6.07) is 17.4. The lowest BCUT2D eigenvalue weighted by Crippen LogP contribution is -2.47. The summed E-state index contributed by atoms with van der Waals surface area (Å²) in [5.74, 6) is -1.65. The molecule has 0 saturated heterocycles. The highest BCUT2D eigenvalue weighted by molar-refractivity contribution is 5.86. The minimum absolute atomic E-state index is 0.0109. The minimum atomic E-state index is -0.597. The number of carbonyl (C=O) groups excluding carboxylic acids is 3. The fraction of sp³-hybridized carbons (Fsp3) is 0.406. The summed E-state index contributed by atoms with van der Waals surface area (Å²) in [6.45, 7) is 7.97. The molecule has 0 saturated carbocycles. The molecule has 0 spiro atoms. The third-order valence-electron chi connectivity index (χ3n) is 7.15. The second-order valence-electron chi connectivity index (χ2n) is 9.97. The Morgan fingerprint density at radius 2 is 1.74 bits per heavy atom. The van der Waals surface area contributed by atoms with Crippen LogP contribution in [0.4, 0.5) is 0 Å². The van der Waals surface area contributed by atoms with Gasteiger partial charge in [0.2, 0.25) is 11.8 Å². The molecule has 0 aromatic heterocycles. The van der Waals surface area contributed by atoms with E-state index in [1.807, 2.05) is 54.6 Å². The number of hydrogen-bond acceptors (Lipinski definition) is 5. The first-order valence-electron chi connectivity index (χ1n) is 13.6. The van der Waals surface area contributed by atoms with Crippen molar-refractivity contribution in [2.24, 2.45) is 11.8 Å². The summed E-state index contributed by atoms with van der Waals surface area (Å²) in [5, 5.41) is 12.7. The number of aliphatic hydroxyl groups excluding tert-OH is 1. The summed E-state index contributed by atoms with van der Waals surface area (Å²) in [7, 11) is 0. The number of carbonyl (C=O) groups is 3. The summed E-state index contributed by atoms with van der Waals surface area (Å²) in [5.41, 5.74) is 3.25. The topological polar surface area (TPSA) is 95.9 Å². The molecule has 0 fully saturated rings. The van der Waals surface area contributed by atoms with Crippen LogP contribution in [0.2, 0.25) is 0 Å². The quantitative estimate of drug-likeness (QED) is 0.205. The maximum absolute atomic E-state index is 13.2. The molecular formula is C32H40N2O5. The van der Waals surface area contributed by atoms with Gasteiger partial charge in [-0.05, 0) is 48.8 Å². The third kappa shape index (κ3) is 8.93.